The summed E-state index contributed by atoms with van der Waals surface area (Å²) >= 11 is 0. The van der Waals surface area contributed by atoms with E-state index in [-0.39, 0.29) is 12.4 Å². The molecular formula is C10H17N3O3. The number of nitrogens with zero attached hydrogens (tertiary/aromatic N) is 3. The number of carbonyl (C=O) groups is 1. The molecular weight excluding hydrogens is 210 g/mol. The summed E-state index contributed by atoms with van der Waals surface area (Å²) in [5.74, 6) is 0.339. The van der Waals surface area contributed by atoms with Gasteiger partial charge in [0.15, 0.2) is 0 Å². The van der Waals surface area contributed by atoms with Crippen LogP contribution in [0.2, 0.25) is 0 Å². The number of esters is 1. The van der Waals surface area contributed by atoms with E-state index in [1.54, 1.807) is 18.7 Å². The molecule has 0 saturated carbocycles. The molecule has 0 atom stereocenters. The summed E-state index contributed by atoms with van der Waals surface area (Å²) in [6, 6.07) is 0. The van der Waals surface area contributed by atoms with E-state index in [2.05, 4.69) is 10.1 Å². The molecule has 0 amide bonds. The van der Waals surface area contributed by atoms with Crippen molar-refractivity contribution >= 4 is 5.97 Å². The lowest BCUT2D eigenvalue weighted by molar-refractivity contribution is 0.0511. The second-order valence-electron chi connectivity index (χ2n) is 3.38. The summed E-state index contributed by atoms with van der Waals surface area (Å²) in [5.41, 5.74) is 0. The molecule has 1 aromatic rings. The van der Waals surface area contributed by atoms with E-state index in [1.807, 2.05) is 0 Å². The van der Waals surface area contributed by atoms with Crippen LogP contribution in [0.15, 0.2) is 0 Å². The fourth-order valence-electron chi connectivity index (χ4n) is 1.31. The Morgan fingerprint density at radius 3 is 2.88 bits per heavy atom. The van der Waals surface area contributed by atoms with Crippen LogP contribution in [-0.2, 0) is 18.2 Å². The fraction of sp³-hybridized carbons (Fsp3) is 0.700. The molecule has 0 aliphatic heterocycles. The van der Waals surface area contributed by atoms with E-state index in [0.29, 0.717) is 13.0 Å². The van der Waals surface area contributed by atoms with Crippen LogP contribution in [0.3, 0.4) is 0 Å². The lowest BCUT2D eigenvalue weighted by Crippen LogP contribution is -2.07. The summed E-state index contributed by atoms with van der Waals surface area (Å²) in [6.45, 7) is 2.22. The second-order valence-corrected chi connectivity index (χ2v) is 3.38. The lowest BCUT2D eigenvalue weighted by Gasteiger charge is -1.97. The lowest BCUT2D eigenvalue weighted by atomic mass is 10.2. The third-order valence-corrected chi connectivity index (χ3v) is 2.12. The largest absolute Gasteiger partial charge is 0.460 e. The summed E-state index contributed by atoms with van der Waals surface area (Å²) < 4.78 is 6.38. The fourth-order valence-corrected chi connectivity index (χ4v) is 1.31. The third kappa shape index (κ3) is 3.30. The van der Waals surface area contributed by atoms with Gasteiger partial charge in [0.2, 0.25) is 0 Å². The molecule has 0 aliphatic carbocycles. The van der Waals surface area contributed by atoms with E-state index >= 15 is 0 Å². The summed E-state index contributed by atoms with van der Waals surface area (Å²) in [6.07, 6.45) is 2.25. The molecule has 90 valence electrons. The molecule has 0 unspecified atom stereocenters. The Balaban J connectivity index is 2.62. The zero-order valence-electron chi connectivity index (χ0n) is 9.64. The minimum Gasteiger partial charge on any atom is -0.460 e. The average Bonchev–Trinajstić information content (AvgIpc) is 2.61. The first-order valence-electron chi connectivity index (χ1n) is 5.37. The van der Waals surface area contributed by atoms with Crippen LogP contribution in [0.5, 0.6) is 0 Å². The van der Waals surface area contributed by atoms with Gasteiger partial charge in [0, 0.05) is 20.1 Å². The van der Waals surface area contributed by atoms with Crippen molar-refractivity contribution in [3.8, 4) is 0 Å². The first kappa shape index (κ1) is 12.6. The summed E-state index contributed by atoms with van der Waals surface area (Å²) in [7, 11) is 1.74. The van der Waals surface area contributed by atoms with Crippen molar-refractivity contribution in [3.05, 3.63) is 11.6 Å². The van der Waals surface area contributed by atoms with Crippen LogP contribution in [0, 0.1) is 0 Å². The number of aliphatic hydroxyl groups excluding tert-OH is 1. The van der Waals surface area contributed by atoms with E-state index in [0.717, 1.165) is 18.7 Å². The molecule has 0 radical (unpaired) electrons. The standard InChI is InChI=1S/C10H17N3O3/c1-3-16-10(15)9-11-8(13(2)12-9)6-4-5-7-14/h14H,3-7H2,1-2H3. The van der Waals surface area contributed by atoms with Crippen molar-refractivity contribution in [2.75, 3.05) is 13.2 Å². The van der Waals surface area contributed by atoms with Gasteiger partial charge in [-0.05, 0) is 19.8 Å². The molecule has 16 heavy (non-hydrogen) atoms. The molecule has 1 aromatic heterocycles. The monoisotopic (exact) mass is 227 g/mol. The number of carbonyl (C=O) groups excluding carboxylic acids is 1. The Labute approximate surface area is 94.2 Å². The molecule has 1 heterocycles. The molecule has 1 rings (SSSR count). The third-order valence-electron chi connectivity index (χ3n) is 2.12. The van der Waals surface area contributed by atoms with Crippen molar-refractivity contribution in [2.24, 2.45) is 7.05 Å². The smallest absolute Gasteiger partial charge is 0.378 e. The Bertz CT molecular complexity index is 349. The van der Waals surface area contributed by atoms with Crippen molar-refractivity contribution in [2.45, 2.75) is 26.2 Å². The number of ether oxygens (including phenoxy) is 1. The zero-order valence-corrected chi connectivity index (χ0v) is 9.64. The minimum atomic E-state index is -0.494. The maximum atomic E-state index is 11.3. The van der Waals surface area contributed by atoms with Crippen LogP contribution in [0.4, 0.5) is 0 Å². The number of hydrogen-bond acceptors (Lipinski definition) is 5. The van der Waals surface area contributed by atoms with Gasteiger partial charge >= 0.3 is 5.97 Å². The van der Waals surface area contributed by atoms with Gasteiger partial charge in [-0.25, -0.2) is 9.78 Å². The Kier molecular flexibility index (Phi) is 4.91. The van der Waals surface area contributed by atoms with Gasteiger partial charge in [-0.2, -0.15) is 0 Å². The highest BCUT2D eigenvalue weighted by atomic mass is 16.5. The Hall–Kier alpha value is -1.43. The Morgan fingerprint density at radius 2 is 2.25 bits per heavy atom. The van der Waals surface area contributed by atoms with Gasteiger partial charge in [-0.15, -0.1) is 5.10 Å². The molecule has 1 N–H and O–H groups in total. The Morgan fingerprint density at radius 1 is 1.50 bits per heavy atom. The van der Waals surface area contributed by atoms with Crippen molar-refractivity contribution < 1.29 is 14.6 Å². The quantitative estimate of drug-likeness (QED) is 0.559. The molecule has 0 saturated heterocycles. The van der Waals surface area contributed by atoms with Gasteiger partial charge in [0.1, 0.15) is 5.82 Å². The van der Waals surface area contributed by atoms with E-state index in [4.69, 9.17) is 9.84 Å². The second kappa shape index (κ2) is 6.22. The van der Waals surface area contributed by atoms with Gasteiger partial charge in [0.25, 0.3) is 5.82 Å². The maximum Gasteiger partial charge on any atom is 0.378 e. The van der Waals surface area contributed by atoms with Gasteiger partial charge < -0.3 is 9.84 Å². The van der Waals surface area contributed by atoms with E-state index < -0.39 is 5.97 Å². The molecule has 0 bridgehead atoms. The van der Waals surface area contributed by atoms with Gasteiger partial charge in [0.05, 0.1) is 6.61 Å². The first-order chi connectivity index (χ1) is 7.69. The summed E-state index contributed by atoms with van der Waals surface area (Å²) in [5, 5.41) is 12.6. The van der Waals surface area contributed by atoms with Gasteiger partial charge in [-0.1, -0.05) is 0 Å². The number of rotatable bonds is 6. The number of unbranched alkanes of at least 4 members (excludes halogenated alkanes) is 1. The number of aliphatic hydroxyl groups is 1. The zero-order chi connectivity index (χ0) is 12.0. The molecule has 6 heteroatoms. The van der Waals surface area contributed by atoms with Crippen LogP contribution >= 0.6 is 0 Å². The minimum absolute atomic E-state index is 0.100. The predicted octanol–water partition coefficient (Wildman–Crippen LogP) is 0.307. The summed E-state index contributed by atoms with van der Waals surface area (Å²) in [4.78, 5) is 15.4. The molecule has 0 aromatic carbocycles. The highest BCUT2D eigenvalue weighted by Crippen LogP contribution is 2.03. The predicted molar refractivity (Wildman–Crippen MR) is 57.0 cm³/mol. The first-order valence-corrected chi connectivity index (χ1v) is 5.37. The molecule has 6 nitrogen and oxygen atoms in total. The average molecular weight is 227 g/mol. The van der Waals surface area contributed by atoms with Crippen molar-refractivity contribution in [1.29, 1.82) is 0 Å². The van der Waals surface area contributed by atoms with Crippen molar-refractivity contribution in [3.63, 3.8) is 0 Å². The SMILES string of the molecule is CCOC(=O)c1nc(CCCCO)n(C)n1. The molecule has 0 fully saturated rings. The van der Waals surface area contributed by atoms with Crippen LogP contribution in [-0.4, -0.2) is 39.1 Å². The molecule has 0 aliphatic rings. The normalized spacial score (nSPS) is 10.4. The number of aromatic nitrogens is 3. The van der Waals surface area contributed by atoms with Crippen molar-refractivity contribution in [1.82, 2.24) is 14.8 Å². The topological polar surface area (TPSA) is 77.2 Å². The van der Waals surface area contributed by atoms with Crippen LogP contribution in [0.1, 0.15) is 36.2 Å². The number of hydrogen-bond donors (Lipinski definition) is 1. The highest BCUT2D eigenvalue weighted by Gasteiger charge is 2.15. The molecule has 0 spiro atoms. The van der Waals surface area contributed by atoms with E-state index in [9.17, 15) is 4.79 Å². The van der Waals surface area contributed by atoms with Crippen LogP contribution in [0.25, 0.3) is 0 Å². The van der Waals surface area contributed by atoms with Gasteiger partial charge in [-0.3, -0.25) is 4.68 Å². The highest BCUT2D eigenvalue weighted by molar-refractivity contribution is 5.84. The van der Waals surface area contributed by atoms with Crippen LogP contribution < -0.4 is 0 Å². The maximum absolute atomic E-state index is 11.3. The number of aryl methyl sites for hydroxylation is 2. The van der Waals surface area contributed by atoms with E-state index in [1.165, 1.54) is 0 Å².